The van der Waals surface area contributed by atoms with E-state index < -0.39 is 0 Å². The van der Waals surface area contributed by atoms with Gasteiger partial charge in [0.2, 0.25) is 0 Å². The highest BCUT2D eigenvalue weighted by Gasteiger charge is 2.31. The zero-order valence-electron chi connectivity index (χ0n) is 9.38. The van der Waals surface area contributed by atoms with Crippen molar-refractivity contribution in [2.24, 2.45) is 5.73 Å². The number of aryl methyl sites for hydroxylation is 1. The Labute approximate surface area is 95.9 Å². The van der Waals surface area contributed by atoms with Crippen LogP contribution < -0.4 is 11.1 Å². The van der Waals surface area contributed by atoms with Gasteiger partial charge < -0.3 is 11.1 Å². The van der Waals surface area contributed by atoms with Crippen molar-refractivity contribution in [3.63, 3.8) is 0 Å². The summed E-state index contributed by atoms with van der Waals surface area (Å²) < 4.78 is 0. The van der Waals surface area contributed by atoms with Crippen LogP contribution in [-0.2, 0) is 13.0 Å². The monoisotopic (exact) mass is 224 g/mol. The Morgan fingerprint density at radius 2 is 2.33 bits per heavy atom. The van der Waals surface area contributed by atoms with Crippen LogP contribution in [0.25, 0.3) is 0 Å². The average molecular weight is 224 g/mol. The predicted octanol–water partition coefficient (Wildman–Crippen LogP) is 2.28. The zero-order chi connectivity index (χ0) is 10.7. The fourth-order valence-electron chi connectivity index (χ4n) is 2.07. The predicted molar refractivity (Wildman–Crippen MR) is 66.2 cm³/mol. The van der Waals surface area contributed by atoms with E-state index in [1.807, 2.05) is 11.3 Å². The summed E-state index contributed by atoms with van der Waals surface area (Å²) in [6.45, 7) is 4.16. The lowest BCUT2D eigenvalue weighted by atomic mass is 9.78. The quantitative estimate of drug-likeness (QED) is 0.805. The average Bonchev–Trinajstić information content (AvgIpc) is 2.63. The summed E-state index contributed by atoms with van der Waals surface area (Å²) in [6.07, 6.45) is 4.81. The van der Waals surface area contributed by atoms with Crippen molar-refractivity contribution >= 4 is 11.3 Å². The third-order valence-corrected chi connectivity index (χ3v) is 4.29. The zero-order valence-corrected chi connectivity index (χ0v) is 10.2. The number of nitrogens with one attached hydrogen (secondary N) is 1. The van der Waals surface area contributed by atoms with Gasteiger partial charge in [-0.3, -0.25) is 0 Å². The van der Waals surface area contributed by atoms with Gasteiger partial charge in [-0.25, -0.2) is 0 Å². The summed E-state index contributed by atoms with van der Waals surface area (Å²) in [5.41, 5.74) is 7.73. The summed E-state index contributed by atoms with van der Waals surface area (Å²) in [6, 6.07) is 2.23. The highest BCUT2D eigenvalue weighted by molar-refractivity contribution is 7.10. The van der Waals surface area contributed by atoms with Crippen molar-refractivity contribution in [3.8, 4) is 0 Å². The second-order valence-electron chi connectivity index (χ2n) is 4.54. The van der Waals surface area contributed by atoms with Crippen molar-refractivity contribution in [1.29, 1.82) is 0 Å². The molecule has 0 saturated heterocycles. The maximum absolute atomic E-state index is 6.15. The molecule has 1 aromatic rings. The molecule has 1 saturated carbocycles. The molecule has 1 aliphatic rings. The Bertz CT molecular complexity index is 315. The maximum atomic E-state index is 6.15. The van der Waals surface area contributed by atoms with Gasteiger partial charge in [-0.05, 0) is 42.7 Å². The first-order valence-electron chi connectivity index (χ1n) is 5.78. The molecule has 0 bridgehead atoms. The third-order valence-electron chi connectivity index (χ3n) is 3.33. The standard InChI is InChI=1S/C12H20N2S/c1-2-10-4-7-15-11(10)8-14-9-12(13)5-3-6-12/h4,7,14H,2-3,5-6,8-9,13H2,1H3. The van der Waals surface area contributed by atoms with Crippen LogP contribution in [0.1, 0.15) is 36.6 Å². The largest absolute Gasteiger partial charge is 0.324 e. The summed E-state index contributed by atoms with van der Waals surface area (Å²) in [5.74, 6) is 0. The van der Waals surface area contributed by atoms with Gasteiger partial charge in [0.25, 0.3) is 0 Å². The van der Waals surface area contributed by atoms with E-state index in [0.29, 0.717) is 0 Å². The molecule has 1 aliphatic carbocycles. The Kier molecular flexibility index (Phi) is 3.44. The molecule has 0 aromatic carbocycles. The number of hydrogen-bond acceptors (Lipinski definition) is 3. The topological polar surface area (TPSA) is 38.0 Å². The first-order valence-corrected chi connectivity index (χ1v) is 6.66. The number of hydrogen-bond donors (Lipinski definition) is 2. The highest BCUT2D eigenvalue weighted by Crippen LogP contribution is 2.28. The molecule has 0 spiro atoms. The van der Waals surface area contributed by atoms with Gasteiger partial charge in [-0.2, -0.15) is 0 Å². The molecule has 2 nitrogen and oxygen atoms in total. The molecule has 3 N–H and O–H groups in total. The van der Waals surface area contributed by atoms with E-state index in [9.17, 15) is 0 Å². The molecule has 1 aromatic heterocycles. The van der Waals surface area contributed by atoms with Crippen molar-refractivity contribution < 1.29 is 0 Å². The van der Waals surface area contributed by atoms with E-state index in [-0.39, 0.29) is 5.54 Å². The maximum Gasteiger partial charge on any atom is 0.0303 e. The molecule has 84 valence electrons. The van der Waals surface area contributed by atoms with E-state index in [1.54, 1.807) is 0 Å². The minimum Gasteiger partial charge on any atom is -0.324 e. The summed E-state index contributed by atoms with van der Waals surface area (Å²) in [4.78, 5) is 1.47. The molecule has 0 aliphatic heterocycles. The Hall–Kier alpha value is -0.380. The van der Waals surface area contributed by atoms with E-state index in [1.165, 1.54) is 29.7 Å². The molecule has 0 atom stereocenters. The van der Waals surface area contributed by atoms with Crippen LogP contribution in [0.15, 0.2) is 11.4 Å². The molecule has 1 heterocycles. The second-order valence-corrected chi connectivity index (χ2v) is 5.54. The molecule has 0 radical (unpaired) electrons. The van der Waals surface area contributed by atoms with Gasteiger partial charge in [0.1, 0.15) is 0 Å². The van der Waals surface area contributed by atoms with Gasteiger partial charge in [0.15, 0.2) is 0 Å². The minimum atomic E-state index is 0.101. The normalized spacial score (nSPS) is 18.8. The van der Waals surface area contributed by atoms with E-state index in [2.05, 4.69) is 23.7 Å². The molecule has 0 amide bonds. The van der Waals surface area contributed by atoms with Crippen LogP contribution in [-0.4, -0.2) is 12.1 Å². The minimum absolute atomic E-state index is 0.101. The van der Waals surface area contributed by atoms with Crippen LogP contribution in [0.4, 0.5) is 0 Å². The van der Waals surface area contributed by atoms with E-state index in [4.69, 9.17) is 5.73 Å². The van der Waals surface area contributed by atoms with Crippen molar-refractivity contribution in [1.82, 2.24) is 5.32 Å². The van der Waals surface area contributed by atoms with Crippen LogP contribution >= 0.6 is 11.3 Å². The first-order chi connectivity index (χ1) is 7.23. The molecular weight excluding hydrogens is 204 g/mol. The fraction of sp³-hybridized carbons (Fsp3) is 0.667. The van der Waals surface area contributed by atoms with Crippen molar-refractivity contribution in [2.75, 3.05) is 6.54 Å². The second kappa shape index (κ2) is 4.64. The van der Waals surface area contributed by atoms with E-state index >= 15 is 0 Å². The smallest absolute Gasteiger partial charge is 0.0303 e. The SMILES string of the molecule is CCc1ccsc1CNCC1(N)CCC1. The van der Waals surface area contributed by atoms with Crippen molar-refractivity contribution in [3.05, 3.63) is 21.9 Å². The van der Waals surface area contributed by atoms with Crippen LogP contribution in [0.5, 0.6) is 0 Å². The molecule has 15 heavy (non-hydrogen) atoms. The Balaban J connectivity index is 1.78. The molecule has 0 unspecified atom stereocenters. The number of rotatable bonds is 5. The first kappa shape index (κ1) is 11.1. The van der Waals surface area contributed by atoms with Crippen LogP contribution in [0.3, 0.4) is 0 Å². The fourth-order valence-corrected chi connectivity index (χ4v) is 3.02. The highest BCUT2D eigenvalue weighted by atomic mass is 32.1. The molecule has 3 heteroatoms. The lowest BCUT2D eigenvalue weighted by Crippen LogP contribution is -2.53. The van der Waals surface area contributed by atoms with Gasteiger partial charge >= 0.3 is 0 Å². The van der Waals surface area contributed by atoms with Crippen molar-refractivity contribution in [2.45, 2.75) is 44.7 Å². The molecule has 1 fully saturated rings. The van der Waals surface area contributed by atoms with Gasteiger partial charge in [0.05, 0.1) is 0 Å². The Morgan fingerprint density at radius 3 is 2.93 bits per heavy atom. The number of nitrogens with two attached hydrogens (primary N) is 1. The Morgan fingerprint density at radius 1 is 1.53 bits per heavy atom. The van der Waals surface area contributed by atoms with Gasteiger partial charge in [-0.15, -0.1) is 11.3 Å². The summed E-state index contributed by atoms with van der Waals surface area (Å²) in [7, 11) is 0. The lowest BCUT2D eigenvalue weighted by Gasteiger charge is -2.38. The van der Waals surface area contributed by atoms with Crippen LogP contribution in [0, 0.1) is 0 Å². The van der Waals surface area contributed by atoms with Gasteiger partial charge in [-0.1, -0.05) is 6.92 Å². The lowest BCUT2D eigenvalue weighted by molar-refractivity contribution is 0.239. The van der Waals surface area contributed by atoms with Crippen LogP contribution in [0.2, 0.25) is 0 Å². The molecular formula is C12H20N2S. The molecule has 2 rings (SSSR count). The third kappa shape index (κ3) is 2.60. The number of thiophene rings is 1. The van der Waals surface area contributed by atoms with Gasteiger partial charge in [0, 0.05) is 23.5 Å². The summed E-state index contributed by atoms with van der Waals surface area (Å²) >= 11 is 1.85. The van der Waals surface area contributed by atoms with E-state index in [0.717, 1.165) is 19.5 Å². The summed E-state index contributed by atoms with van der Waals surface area (Å²) in [5, 5.41) is 5.67.